The third-order valence-corrected chi connectivity index (χ3v) is 6.63. The molecule has 156 valence electrons. The fourth-order valence-electron chi connectivity index (χ4n) is 4.76. The summed E-state index contributed by atoms with van der Waals surface area (Å²) < 4.78 is 14.9. The maximum atomic E-state index is 14.9. The molecule has 0 saturated heterocycles. The molecule has 1 aliphatic carbocycles. The van der Waals surface area contributed by atoms with Gasteiger partial charge in [-0.3, -0.25) is 0 Å². The first-order valence-electron chi connectivity index (χ1n) is 11.7. The molecule has 1 fully saturated rings. The van der Waals surface area contributed by atoms with Crippen molar-refractivity contribution in [3.63, 3.8) is 0 Å². The molecule has 1 saturated carbocycles. The highest BCUT2D eigenvalue weighted by atomic mass is 19.1. The third-order valence-electron chi connectivity index (χ3n) is 6.63. The Bertz CT molecular complexity index is 763. The zero-order chi connectivity index (χ0) is 20.5. The van der Waals surface area contributed by atoms with Gasteiger partial charge in [-0.1, -0.05) is 81.2 Å². The monoisotopic (exact) mass is 392 g/mol. The summed E-state index contributed by atoms with van der Waals surface area (Å²) >= 11 is 0. The van der Waals surface area contributed by atoms with Gasteiger partial charge < -0.3 is 0 Å². The lowest BCUT2D eigenvalue weighted by atomic mass is 9.76. The van der Waals surface area contributed by atoms with E-state index in [4.69, 9.17) is 0 Å². The van der Waals surface area contributed by atoms with Crippen molar-refractivity contribution in [1.82, 2.24) is 0 Å². The van der Waals surface area contributed by atoms with E-state index >= 15 is 0 Å². The second-order valence-electron chi connectivity index (χ2n) is 8.75. The van der Waals surface area contributed by atoms with Gasteiger partial charge in [0.25, 0.3) is 0 Å². The molecule has 1 aliphatic rings. The number of hydrogen-bond donors (Lipinski definition) is 0. The molecule has 0 heterocycles. The maximum Gasteiger partial charge on any atom is 0.127 e. The van der Waals surface area contributed by atoms with Crippen LogP contribution in [0.4, 0.5) is 4.39 Å². The summed E-state index contributed by atoms with van der Waals surface area (Å²) in [6.07, 6.45) is 16.6. The molecule has 0 atom stereocenters. The van der Waals surface area contributed by atoms with Gasteiger partial charge in [0.2, 0.25) is 0 Å². The molecular weight excluding hydrogens is 355 g/mol. The average Bonchev–Trinajstić information content (AvgIpc) is 2.75. The SMILES string of the molecule is C/C=C/CCc1ccc(-c2ccc(C3CCC(CCCCC)CC3)c(F)c2)cc1. The van der Waals surface area contributed by atoms with E-state index in [0.29, 0.717) is 5.92 Å². The van der Waals surface area contributed by atoms with Gasteiger partial charge in [0.15, 0.2) is 0 Å². The summed E-state index contributed by atoms with van der Waals surface area (Å²) in [6, 6.07) is 14.5. The Morgan fingerprint density at radius 2 is 1.66 bits per heavy atom. The summed E-state index contributed by atoms with van der Waals surface area (Å²) in [5.74, 6) is 1.25. The molecule has 0 bridgehead atoms. The normalized spacial score (nSPS) is 19.7. The molecule has 2 aromatic rings. The molecule has 0 unspecified atom stereocenters. The molecule has 3 rings (SSSR count). The second-order valence-corrected chi connectivity index (χ2v) is 8.75. The number of halogens is 1. The number of aryl methyl sites for hydroxylation is 1. The predicted octanol–water partition coefficient (Wildman–Crippen LogP) is 8.86. The Kier molecular flexibility index (Phi) is 8.52. The Balaban J connectivity index is 1.59. The van der Waals surface area contributed by atoms with Crippen LogP contribution in [0.2, 0.25) is 0 Å². The van der Waals surface area contributed by atoms with E-state index in [1.54, 1.807) is 6.07 Å². The van der Waals surface area contributed by atoms with E-state index in [-0.39, 0.29) is 5.82 Å². The lowest BCUT2D eigenvalue weighted by Gasteiger charge is -2.29. The topological polar surface area (TPSA) is 0 Å². The van der Waals surface area contributed by atoms with Crippen LogP contribution in [-0.4, -0.2) is 0 Å². The number of unbranched alkanes of at least 4 members (excludes halogenated alkanes) is 2. The predicted molar refractivity (Wildman–Crippen MR) is 124 cm³/mol. The van der Waals surface area contributed by atoms with Crippen molar-refractivity contribution < 1.29 is 4.39 Å². The van der Waals surface area contributed by atoms with Crippen LogP contribution in [0.1, 0.15) is 88.7 Å². The minimum atomic E-state index is -0.0194. The summed E-state index contributed by atoms with van der Waals surface area (Å²) in [5.41, 5.74) is 4.35. The van der Waals surface area contributed by atoms with Crippen LogP contribution < -0.4 is 0 Å². The van der Waals surface area contributed by atoms with E-state index in [0.717, 1.165) is 48.3 Å². The van der Waals surface area contributed by atoms with E-state index in [9.17, 15) is 4.39 Å². The lowest BCUT2D eigenvalue weighted by molar-refractivity contribution is 0.299. The largest absolute Gasteiger partial charge is 0.207 e. The van der Waals surface area contributed by atoms with Crippen LogP contribution in [0, 0.1) is 11.7 Å². The highest BCUT2D eigenvalue weighted by Crippen LogP contribution is 2.39. The van der Waals surface area contributed by atoms with Gasteiger partial charge in [0, 0.05) is 0 Å². The third kappa shape index (κ3) is 6.29. The second kappa shape index (κ2) is 11.3. The first kappa shape index (κ1) is 21.8. The van der Waals surface area contributed by atoms with Crippen molar-refractivity contribution in [3.8, 4) is 11.1 Å². The summed E-state index contributed by atoms with van der Waals surface area (Å²) in [4.78, 5) is 0. The molecule has 0 radical (unpaired) electrons. The van der Waals surface area contributed by atoms with Gasteiger partial charge in [0.1, 0.15) is 5.82 Å². The Morgan fingerprint density at radius 1 is 0.931 bits per heavy atom. The average molecular weight is 393 g/mol. The molecule has 1 heteroatoms. The Morgan fingerprint density at radius 3 is 2.31 bits per heavy atom. The Labute approximate surface area is 177 Å². The van der Waals surface area contributed by atoms with Crippen molar-refractivity contribution in [2.75, 3.05) is 0 Å². The van der Waals surface area contributed by atoms with Crippen molar-refractivity contribution in [2.45, 2.75) is 84.0 Å². The molecule has 0 nitrogen and oxygen atoms in total. The maximum absolute atomic E-state index is 14.9. The Hall–Kier alpha value is -1.89. The van der Waals surface area contributed by atoms with Crippen LogP contribution in [0.15, 0.2) is 54.6 Å². The quantitative estimate of drug-likeness (QED) is 0.295. The first-order valence-corrected chi connectivity index (χ1v) is 11.7. The van der Waals surface area contributed by atoms with Crippen LogP contribution in [0.25, 0.3) is 11.1 Å². The van der Waals surface area contributed by atoms with E-state index in [1.807, 2.05) is 6.07 Å². The van der Waals surface area contributed by atoms with Crippen LogP contribution in [0.5, 0.6) is 0 Å². The lowest BCUT2D eigenvalue weighted by Crippen LogP contribution is -2.14. The van der Waals surface area contributed by atoms with E-state index in [2.05, 4.69) is 56.3 Å². The van der Waals surface area contributed by atoms with Crippen molar-refractivity contribution in [3.05, 3.63) is 71.6 Å². The summed E-state index contributed by atoms with van der Waals surface area (Å²) in [5, 5.41) is 0. The number of hydrogen-bond acceptors (Lipinski definition) is 0. The highest BCUT2D eigenvalue weighted by molar-refractivity contribution is 5.64. The molecule has 0 N–H and O–H groups in total. The number of benzene rings is 2. The van der Waals surface area contributed by atoms with Gasteiger partial charge in [-0.25, -0.2) is 4.39 Å². The van der Waals surface area contributed by atoms with Crippen LogP contribution in [0.3, 0.4) is 0 Å². The summed E-state index contributed by atoms with van der Waals surface area (Å²) in [6.45, 7) is 4.32. The van der Waals surface area contributed by atoms with Crippen molar-refractivity contribution >= 4 is 0 Å². The van der Waals surface area contributed by atoms with E-state index < -0.39 is 0 Å². The molecule has 0 aromatic heterocycles. The molecular formula is C28H37F. The highest BCUT2D eigenvalue weighted by Gasteiger charge is 2.24. The van der Waals surface area contributed by atoms with Crippen molar-refractivity contribution in [2.24, 2.45) is 5.92 Å². The smallest absolute Gasteiger partial charge is 0.127 e. The minimum absolute atomic E-state index is 0.0194. The van der Waals surface area contributed by atoms with Gasteiger partial charge in [-0.15, -0.1) is 0 Å². The van der Waals surface area contributed by atoms with E-state index in [1.165, 1.54) is 44.1 Å². The molecule has 0 aliphatic heterocycles. The molecule has 0 spiro atoms. The minimum Gasteiger partial charge on any atom is -0.207 e. The van der Waals surface area contributed by atoms with Gasteiger partial charge in [-0.05, 0) is 85.6 Å². The molecule has 0 amide bonds. The fourth-order valence-corrected chi connectivity index (χ4v) is 4.76. The van der Waals surface area contributed by atoms with Gasteiger partial charge in [0.05, 0.1) is 0 Å². The standard InChI is InChI=1S/C28H37F/c1-3-5-7-9-22-11-15-24(16-12-22)26-19-20-27(28(29)21-26)25-17-13-23(14-18-25)10-8-6-4-2/h3,5,11-12,15-16,19-21,23,25H,4,6-10,13-14,17-18H2,1-2H3/b5-3+. The van der Waals surface area contributed by atoms with Gasteiger partial charge >= 0.3 is 0 Å². The first-order chi connectivity index (χ1) is 14.2. The summed E-state index contributed by atoms with van der Waals surface area (Å²) in [7, 11) is 0. The zero-order valence-electron chi connectivity index (χ0n) is 18.3. The van der Waals surface area contributed by atoms with Crippen molar-refractivity contribution in [1.29, 1.82) is 0 Å². The molecule has 2 aromatic carbocycles. The number of rotatable bonds is 9. The molecule has 29 heavy (non-hydrogen) atoms. The van der Waals surface area contributed by atoms with Gasteiger partial charge in [-0.2, -0.15) is 0 Å². The van der Waals surface area contributed by atoms with Crippen LogP contribution >= 0.6 is 0 Å². The zero-order valence-corrected chi connectivity index (χ0v) is 18.3. The van der Waals surface area contributed by atoms with Crippen LogP contribution in [-0.2, 0) is 6.42 Å². The fraction of sp³-hybridized carbons (Fsp3) is 0.500. The number of allylic oxidation sites excluding steroid dienone is 2.